The van der Waals surface area contributed by atoms with Gasteiger partial charge in [0.25, 0.3) is 0 Å². The standard InChI is InChI=1S/C10H8F3NO4/c11-10(12,13)18-7-3-1-2-6(4-7)14-8(15)5-9(16)17/h1-4H,5H2,(H,14,15)(H,16,17). The lowest BCUT2D eigenvalue weighted by molar-refractivity contribution is -0.274. The number of halogens is 3. The molecule has 8 heteroatoms. The van der Waals surface area contributed by atoms with Crippen LogP contribution in [0, 0.1) is 0 Å². The summed E-state index contributed by atoms with van der Waals surface area (Å²) in [5, 5.41) is 10.5. The monoisotopic (exact) mass is 263 g/mol. The Labute approximate surface area is 99.2 Å². The summed E-state index contributed by atoms with van der Waals surface area (Å²) in [5.74, 6) is -2.68. The molecule has 0 saturated carbocycles. The average Bonchev–Trinajstić information content (AvgIpc) is 2.13. The van der Waals surface area contributed by atoms with E-state index < -0.39 is 30.4 Å². The number of carbonyl (C=O) groups excluding carboxylic acids is 1. The van der Waals surface area contributed by atoms with Crippen LogP contribution in [0.4, 0.5) is 18.9 Å². The van der Waals surface area contributed by atoms with Gasteiger partial charge in [0.2, 0.25) is 5.91 Å². The van der Waals surface area contributed by atoms with Gasteiger partial charge in [0, 0.05) is 11.8 Å². The fourth-order valence-electron chi connectivity index (χ4n) is 1.11. The minimum atomic E-state index is -4.83. The van der Waals surface area contributed by atoms with Crippen LogP contribution in [0.1, 0.15) is 6.42 Å². The largest absolute Gasteiger partial charge is 0.573 e. The number of hydrogen-bond acceptors (Lipinski definition) is 3. The average molecular weight is 263 g/mol. The Bertz CT molecular complexity index is 459. The molecule has 0 aliphatic carbocycles. The summed E-state index contributed by atoms with van der Waals surface area (Å²) < 4.78 is 39.4. The minimum Gasteiger partial charge on any atom is -0.481 e. The van der Waals surface area contributed by atoms with Gasteiger partial charge in [-0.05, 0) is 12.1 Å². The lowest BCUT2D eigenvalue weighted by Crippen LogP contribution is -2.18. The third-order valence-electron chi connectivity index (χ3n) is 1.66. The summed E-state index contributed by atoms with van der Waals surface area (Å²) in [6.45, 7) is 0. The zero-order chi connectivity index (χ0) is 13.8. The van der Waals surface area contributed by atoms with Crippen molar-refractivity contribution >= 4 is 17.6 Å². The van der Waals surface area contributed by atoms with Gasteiger partial charge in [0.1, 0.15) is 12.2 Å². The number of rotatable bonds is 4. The molecule has 0 bridgehead atoms. The van der Waals surface area contributed by atoms with Gasteiger partial charge < -0.3 is 15.2 Å². The number of anilines is 1. The van der Waals surface area contributed by atoms with E-state index >= 15 is 0 Å². The Morgan fingerprint density at radius 2 is 2.00 bits per heavy atom. The number of carboxylic acids is 1. The van der Waals surface area contributed by atoms with Crippen LogP contribution in [0.15, 0.2) is 24.3 Å². The van der Waals surface area contributed by atoms with Crippen LogP contribution in [-0.2, 0) is 9.59 Å². The van der Waals surface area contributed by atoms with E-state index in [1.807, 2.05) is 0 Å². The van der Waals surface area contributed by atoms with Crippen molar-refractivity contribution in [3.05, 3.63) is 24.3 Å². The SMILES string of the molecule is O=C(O)CC(=O)Nc1cccc(OC(F)(F)F)c1. The summed E-state index contributed by atoms with van der Waals surface area (Å²) in [7, 11) is 0. The number of alkyl halides is 3. The zero-order valence-electron chi connectivity index (χ0n) is 8.82. The van der Waals surface area contributed by atoms with E-state index in [9.17, 15) is 22.8 Å². The molecule has 0 aliphatic rings. The molecule has 1 amide bonds. The molecule has 0 fully saturated rings. The van der Waals surface area contributed by atoms with Crippen LogP contribution in [0.3, 0.4) is 0 Å². The summed E-state index contributed by atoms with van der Waals surface area (Å²) in [6, 6.07) is 4.54. The molecule has 1 aromatic carbocycles. The van der Waals surface area contributed by atoms with Crippen LogP contribution in [0.25, 0.3) is 0 Å². The van der Waals surface area contributed by atoms with Gasteiger partial charge in [-0.2, -0.15) is 0 Å². The first-order chi connectivity index (χ1) is 8.26. The van der Waals surface area contributed by atoms with Gasteiger partial charge in [0.15, 0.2) is 0 Å². The third-order valence-corrected chi connectivity index (χ3v) is 1.66. The number of ether oxygens (including phenoxy) is 1. The molecule has 1 aromatic rings. The first-order valence-electron chi connectivity index (χ1n) is 4.64. The molecular formula is C10H8F3NO4. The number of hydrogen-bond donors (Lipinski definition) is 2. The van der Waals surface area contributed by atoms with Crippen molar-refractivity contribution in [2.24, 2.45) is 0 Å². The van der Waals surface area contributed by atoms with Crippen molar-refractivity contribution in [2.75, 3.05) is 5.32 Å². The van der Waals surface area contributed by atoms with Crippen LogP contribution < -0.4 is 10.1 Å². The molecule has 0 aliphatic heterocycles. The Morgan fingerprint density at radius 1 is 1.33 bits per heavy atom. The summed E-state index contributed by atoms with van der Waals surface area (Å²) in [4.78, 5) is 21.3. The van der Waals surface area contributed by atoms with Crippen LogP contribution >= 0.6 is 0 Å². The minimum absolute atomic E-state index is 0.0167. The first kappa shape index (κ1) is 13.8. The molecule has 0 spiro atoms. The Morgan fingerprint density at radius 3 is 2.56 bits per heavy atom. The van der Waals surface area contributed by atoms with Crippen molar-refractivity contribution < 1.29 is 32.6 Å². The molecule has 0 heterocycles. The van der Waals surface area contributed by atoms with Gasteiger partial charge in [-0.15, -0.1) is 13.2 Å². The predicted octanol–water partition coefficient (Wildman–Crippen LogP) is 2.00. The summed E-state index contributed by atoms with van der Waals surface area (Å²) in [5.41, 5.74) is 0.0167. The topological polar surface area (TPSA) is 75.6 Å². The number of aliphatic carboxylic acids is 1. The molecule has 5 nitrogen and oxygen atoms in total. The Kier molecular flexibility index (Phi) is 4.13. The molecule has 1 rings (SSSR count). The van der Waals surface area contributed by atoms with Crippen molar-refractivity contribution in [1.29, 1.82) is 0 Å². The molecule has 0 saturated heterocycles. The normalized spacial score (nSPS) is 10.8. The quantitative estimate of drug-likeness (QED) is 0.814. The molecular weight excluding hydrogens is 255 g/mol. The molecule has 18 heavy (non-hydrogen) atoms. The van der Waals surface area contributed by atoms with E-state index in [-0.39, 0.29) is 5.69 Å². The Balaban J connectivity index is 2.70. The summed E-state index contributed by atoms with van der Waals surface area (Å²) >= 11 is 0. The fourth-order valence-corrected chi connectivity index (χ4v) is 1.11. The second-order valence-corrected chi connectivity index (χ2v) is 3.19. The van der Waals surface area contributed by atoms with Crippen LogP contribution in [0.2, 0.25) is 0 Å². The van der Waals surface area contributed by atoms with Gasteiger partial charge in [-0.1, -0.05) is 6.07 Å². The Hall–Kier alpha value is -2.25. The second kappa shape index (κ2) is 5.39. The highest BCUT2D eigenvalue weighted by Crippen LogP contribution is 2.24. The molecule has 2 N–H and O–H groups in total. The van der Waals surface area contributed by atoms with Crippen LogP contribution in [-0.4, -0.2) is 23.3 Å². The smallest absolute Gasteiger partial charge is 0.481 e. The van der Waals surface area contributed by atoms with Crippen molar-refractivity contribution in [2.45, 2.75) is 12.8 Å². The number of benzene rings is 1. The van der Waals surface area contributed by atoms with Gasteiger partial charge in [-0.25, -0.2) is 0 Å². The predicted molar refractivity (Wildman–Crippen MR) is 54.0 cm³/mol. The number of carbonyl (C=O) groups is 2. The third kappa shape index (κ3) is 5.19. The maximum atomic E-state index is 11.9. The second-order valence-electron chi connectivity index (χ2n) is 3.19. The molecule has 98 valence electrons. The van der Waals surface area contributed by atoms with E-state index in [0.29, 0.717) is 0 Å². The fraction of sp³-hybridized carbons (Fsp3) is 0.200. The molecule has 0 radical (unpaired) electrons. The lowest BCUT2D eigenvalue weighted by atomic mass is 10.3. The van der Waals surface area contributed by atoms with Gasteiger partial charge >= 0.3 is 12.3 Å². The lowest BCUT2D eigenvalue weighted by Gasteiger charge is -2.10. The maximum absolute atomic E-state index is 11.9. The molecule has 0 aromatic heterocycles. The van der Waals surface area contributed by atoms with E-state index in [1.165, 1.54) is 12.1 Å². The van der Waals surface area contributed by atoms with Crippen molar-refractivity contribution in [1.82, 2.24) is 0 Å². The molecule has 0 unspecified atom stereocenters. The van der Waals surface area contributed by atoms with Gasteiger partial charge in [0.05, 0.1) is 0 Å². The summed E-state index contributed by atoms with van der Waals surface area (Å²) in [6.07, 6.45) is -5.60. The van der Waals surface area contributed by atoms with Crippen molar-refractivity contribution in [3.63, 3.8) is 0 Å². The van der Waals surface area contributed by atoms with Crippen LogP contribution in [0.5, 0.6) is 5.75 Å². The first-order valence-corrected chi connectivity index (χ1v) is 4.64. The van der Waals surface area contributed by atoms with E-state index in [1.54, 1.807) is 0 Å². The van der Waals surface area contributed by atoms with Gasteiger partial charge in [-0.3, -0.25) is 9.59 Å². The highest BCUT2D eigenvalue weighted by molar-refractivity contribution is 6.01. The van der Waals surface area contributed by atoms with E-state index in [2.05, 4.69) is 10.1 Å². The maximum Gasteiger partial charge on any atom is 0.573 e. The number of carboxylic acid groups (broad SMARTS) is 1. The van der Waals surface area contributed by atoms with Crippen molar-refractivity contribution in [3.8, 4) is 5.75 Å². The molecule has 0 atom stereocenters. The highest BCUT2D eigenvalue weighted by Gasteiger charge is 2.31. The number of amides is 1. The number of nitrogens with one attached hydrogen (secondary N) is 1. The van der Waals surface area contributed by atoms with E-state index in [0.717, 1.165) is 12.1 Å². The zero-order valence-corrected chi connectivity index (χ0v) is 8.82. The highest BCUT2D eigenvalue weighted by atomic mass is 19.4. The van der Waals surface area contributed by atoms with E-state index in [4.69, 9.17) is 5.11 Å².